The molecule has 0 unspecified atom stereocenters. The van der Waals surface area contributed by atoms with Gasteiger partial charge in [0.15, 0.2) is 6.61 Å². The number of nitrogens with one attached hydrogen (secondary N) is 1. The van der Waals surface area contributed by atoms with Gasteiger partial charge in [0, 0.05) is 37.1 Å². The van der Waals surface area contributed by atoms with Gasteiger partial charge in [-0.3, -0.25) is 9.59 Å². The lowest BCUT2D eigenvalue weighted by atomic mass is 10.1. The van der Waals surface area contributed by atoms with E-state index in [4.69, 9.17) is 4.74 Å². The summed E-state index contributed by atoms with van der Waals surface area (Å²) in [5, 5.41) is 5.16. The lowest BCUT2D eigenvalue weighted by molar-refractivity contribution is -0.151. The number of carbonyl (C=O) groups excluding carboxylic acids is 2. The Morgan fingerprint density at radius 3 is 2.88 bits per heavy atom. The van der Waals surface area contributed by atoms with Crippen LogP contribution in [-0.2, 0) is 27.3 Å². The lowest BCUT2D eigenvalue weighted by Crippen LogP contribution is -2.30. The molecule has 1 amide bonds. The van der Waals surface area contributed by atoms with E-state index in [0.717, 1.165) is 17.5 Å². The summed E-state index contributed by atoms with van der Waals surface area (Å²) in [4.78, 5) is 28.7. The van der Waals surface area contributed by atoms with Crippen LogP contribution in [0.5, 0.6) is 0 Å². The number of hydrogen-bond donors (Lipinski definition) is 1. The molecule has 3 rings (SSSR count). The highest BCUT2D eigenvalue weighted by molar-refractivity contribution is 7.07. The monoisotopic (exact) mass is 370 g/mol. The van der Waals surface area contributed by atoms with Crippen molar-refractivity contribution in [3.8, 4) is 0 Å². The number of ether oxygens (including phenoxy) is 1. The van der Waals surface area contributed by atoms with Crippen molar-refractivity contribution in [1.82, 2.24) is 9.88 Å². The molecule has 0 saturated carbocycles. The third-order valence-electron chi connectivity index (χ3n) is 4.28. The van der Waals surface area contributed by atoms with Crippen molar-refractivity contribution in [2.45, 2.75) is 25.8 Å². The van der Waals surface area contributed by atoms with Gasteiger partial charge in [-0.1, -0.05) is 18.2 Å². The number of aryl methyl sites for hydroxylation is 1. The Kier molecular flexibility index (Phi) is 6.07. The molecular formula is C20H22N2O3S. The van der Waals surface area contributed by atoms with Crippen LogP contribution in [0.2, 0.25) is 0 Å². The SMILES string of the molecule is CN(Cc1ccsc1)C(=O)COC(=O)CCCc1c[nH]c2ccccc12. The summed E-state index contributed by atoms with van der Waals surface area (Å²) in [5.41, 5.74) is 3.38. The molecule has 0 saturated heterocycles. The van der Waals surface area contributed by atoms with Crippen molar-refractivity contribution in [2.75, 3.05) is 13.7 Å². The molecule has 0 aliphatic heterocycles. The van der Waals surface area contributed by atoms with Crippen LogP contribution < -0.4 is 0 Å². The summed E-state index contributed by atoms with van der Waals surface area (Å²) in [6.07, 6.45) is 3.78. The highest BCUT2D eigenvalue weighted by Crippen LogP contribution is 2.19. The number of hydrogen-bond acceptors (Lipinski definition) is 4. The highest BCUT2D eigenvalue weighted by atomic mass is 32.1. The van der Waals surface area contributed by atoms with Crippen molar-refractivity contribution >= 4 is 34.1 Å². The van der Waals surface area contributed by atoms with Gasteiger partial charge < -0.3 is 14.6 Å². The summed E-state index contributed by atoms with van der Waals surface area (Å²) < 4.78 is 5.12. The van der Waals surface area contributed by atoms with E-state index < -0.39 is 0 Å². The molecular weight excluding hydrogens is 348 g/mol. The number of amides is 1. The minimum atomic E-state index is -0.331. The number of esters is 1. The first-order chi connectivity index (χ1) is 12.6. The second-order valence-corrected chi connectivity index (χ2v) is 7.04. The zero-order valence-electron chi connectivity index (χ0n) is 14.7. The highest BCUT2D eigenvalue weighted by Gasteiger charge is 2.13. The van der Waals surface area contributed by atoms with E-state index in [0.29, 0.717) is 19.4 Å². The molecule has 2 aromatic heterocycles. The number of para-hydroxylation sites is 1. The Morgan fingerprint density at radius 2 is 2.08 bits per heavy atom. The summed E-state index contributed by atoms with van der Waals surface area (Å²) in [6.45, 7) is 0.326. The zero-order chi connectivity index (χ0) is 18.4. The summed E-state index contributed by atoms with van der Waals surface area (Å²) >= 11 is 1.59. The van der Waals surface area contributed by atoms with Crippen LogP contribution in [0.3, 0.4) is 0 Å². The van der Waals surface area contributed by atoms with E-state index in [1.807, 2.05) is 41.2 Å². The second-order valence-electron chi connectivity index (χ2n) is 6.26. The van der Waals surface area contributed by atoms with Gasteiger partial charge in [0.1, 0.15) is 0 Å². The first-order valence-corrected chi connectivity index (χ1v) is 9.53. The van der Waals surface area contributed by atoms with Gasteiger partial charge in [0.25, 0.3) is 5.91 Å². The maximum Gasteiger partial charge on any atom is 0.306 e. The predicted molar refractivity (Wildman–Crippen MR) is 103 cm³/mol. The van der Waals surface area contributed by atoms with Gasteiger partial charge in [-0.2, -0.15) is 11.3 Å². The Hall–Kier alpha value is -2.60. The Balaban J connectivity index is 1.38. The summed E-state index contributed by atoms with van der Waals surface area (Å²) in [6, 6.07) is 10.1. The third kappa shape index (κ3) is 4.73. The number of thiophene rings is 1. The topological polar surface area (TPSA) is 62.4 Å². The zero-order valence-corrected chi connectivity index (χ0v) is 15.6. The molecule has 6 heteroatoms. The predicted octanol–water partition coefficient (Wildman–Crippen LogP) is 3.75. The fraction of sp³-hybridized carbons (Fsp3) is 0.300. The largest absolute Gasteiger partial charge is 0.456 e. The van der Waals surface area contributed by atoms with Crippen LogP contribution in [0.25, 0.3) is 10.9 Å². The Morgan fingerprint density at radius 1 is 1.23 bits per heavy atom. The van der Waals surface area contributed by atoms with E-state index in [9.17, 15) is 9.59 Å². The van der Waals surface area contributed by atoms with Gasteiger partial charge in [0.05, 0.1) is 0 Å². The van der Waals surface area contributed by atoms with Gasteiger partial charge in [0.2, 0.25) is 0 Å². The molecule has 0 radical (unpaired) electrons. The third-order valence-corrected chi connectivity index (χ3v) is 5.02. The fourth-order valence-corrected chi connectivity index (χ4v) is 3.49. The number of fused-ring (bicyclic) bond motifs is 1. The van der Waals surface area contributed by atoms with E-state index in [2.05, 4.69) is 11.1 Å². The number of likely N-dealkylation sites (N-methyl/N-ethyl adjacent to an activating group) is 1. The standard InChI is InChI=1S/C20H22N2O3S/c1-22(12-15-9-10-26-14-15)19(23)13-25-20(24)8-4-5-16-11-21-18-7-3-2-6-17(16)18/h2-3,6-7,9-11,14,21H,4-5,8,12-13H2,1H3. The van der Waals surface area contributed by atoms with Crippen molar-refractivity contribution in [2.24, 2.45) is 0 Å². The number of carbonyl (C=O) groups is 2. The van der Waals surface area contributed by atoms with Gasteiger partial charge >= 0.3 is 5.97 Å². The fourth-order valence-electron chi connectivity index (χ4n) is 2.83. The van der Waals surface area contributed by atoms with Crippen LogP contribution in [0.15, 0.2) is 47.3 Å². The summed E-state index contributed by atoms with van der Waals surface area (Å²) in [7, 11) is 1.71. The van der Waals surface area contributed by atoms with Gasteiger partial charge in [-0.25, -0.2) is 0 Å². The van der Waals surface area contributed by atoms with E-state index in [1.165, 1.54) is 10.9 Å². The molecule has 0 atom stereocenters. The number of aromatic nitrogens is 1. The quantitative estimate of drug-likeness (QED) is 0.614. The van der Waals surface area contributed by atoms with Crippen molar-refractivity contribution in [3.05, 3.63) is 58.4 Å². The summed E-state index contributed by atoms with van der Waals surface area (Å²) in [5.74, 6) is -0.525. The smallest absolute Gasteiger partial charge is 0.306 e. The van der Waals surface area contributed by atoms with Crippen LogP contribution in [0.4, 0.5) is 0 Å². The normalized spacial score (nSPS) is 10.8. The van der Waals surface area contributed by atoms with Crippen LogP contribution in [-0.4, -0.2) is 35.4 Å². The van der Waals surface area contributed by atoms with Crippen molar-refractivity contribution in [1.29, 1.82) is 0 Å². The Labute approximate surface area is 156 Å². The minimum Gasteiger partial charge on any atom is -0.456 e. The number of H-pyrrole nitrogens is 1. The molecule has 2 heterocycles. The Bertz CT molecular complexity index is 870. The molecule has 26 heavy (non-hydrogen) atoms. The van der Waals surface area contributed by atoms with Crippen LogP contribution in [0, 0.1) is 0 Å². The van der Waals surface area contributed by atoms with Crippen molar-refractivity contribution in [3.63, 3.8) is 0 Å². The number of benzene rings is 1. The number of rotatable bonds is 8. The van der Waals surface area contributed by atoms with Gasteiger partial charge in [-0.05, 0) is 46.9 Å². The molecule has 0 aliphatic carbocycles. The van der Waals surface area contributed by atoms with E-state index >= 15 is 0 Å². The lowest BCUT2D eigenvalue weighted by Gasteiger charge is -2.16. The average Bonchev–Trinajstić information content (AvgIpc) is 3.30. The molecule has 0 fully saturated rings. The van der Waals surface area contributed by atoms with E-state index in [-0.39, 0.29) is 18.5 Å². The number of nitrogens with zero attached hydrogens (tertiary/aromatic N) is 1. The maximum atomic E-state index is 12.0. The number of aromatic amines is 1. The minimum absolute atomic E-state index is 0.193. The first-order valence-electron chi connectivity index (χ1n) is 8.59. The van der Waals surface area contributed by atoms with Crippen molar-refractivity contribution < 1.29 is 14.3 Å². The molecule has 0 spiro atoms. The molecule has 1 N–H and O–H groups in total. The molecule has 3 aromatic rings. The molecule has 0 bridgehead atoms. The van der Waals surface area contributed by atoms with Crippen LogP contribution >= 0.6 is 11.3 Å². The van der Waals surface area contributed by atoms with Crippen LogP contribution in [0.1, 0.15) is 24.0 Å². The molecule has 1 aromatic carbocycles. The first kappa shape index (κ1) is 18.2. The molecule has 0 aliphatic rings. The second kappa shape index (κ2) is 8.67. The molecule has 136 valence electrons. The molecule has 5 nitrogen and oxygen atoms in total. The van der Waals surface area contributed by atoms with E-state index in [1.54, 1.807) is 23.3 Å². The van der Waals surface area contributed by atoms with Gasteiger partial charge in [-0.15, -0.1) is 0 Å². The maximum absolute atomic E-state index is 12.0. The average molecular weight is 370 g/mol.